The minimum absolute atomic E-state index is 0.167. The predicted octanol–water partition coefficient (Wildman–Crippen LogP) is 2.36. The van der Waals surface area contributed by atoms with E-state index in [1.165, 1.54) is 13.2 Å². The van der Waals surface area contributed by atoms with Gasteiger partial charge in [-0.2, -0.15) is 0 Å². The van der Waals surface area contributed by atoms with Crippen LogP contribution in [-0.2, 0) is 0 Å². The van der Waals surface area contributed by atoms with Gasteiger partial charge in [0, 0.05) is 6.54 Å². The van der Waals surface area contributed by atoms with Gasteiger partial charge in [0.25, 0.3) is 0 Å². The van der Waals surface area contributed by atoms with Gasteiger partial charge in [-0.3, -0.25) is 0 Å². The van der Waals surface area contributed by atoms with Crippen molar-refractivity contribution in [3.8, 4) is 5.75 Å². The standard InChI is InChI=1S/C15H23FN2O3/c1-4-6-11(19)9-17-15(20)18-10(2)14-12(16)7-5-8-13(14)21-3/h5,7-8,10-11,19H,4,6,9H2,1-3H3,(H2,17,18,20). The molecule has 21 heavy (non-hydrogen) atoms. The molecule has 0 aliphatic heterocycles. The Morgan fingerprint density at radius 2 is 2.19 bits per heavy atom. The third-order valence-electron chi connectivity index (χ3n) is 3.13. The first kappa shape index (κ1) is 17.2. The van der Waals surface area contributed by atoms with E-state index >= 15 is 0 Å². The number of aliphatic hydroxyl groups is 1. The van der Waals surface area contributed by atoms with Gasteiger partial charge in [0.15, 0.2) is 0 Å². The van der Waals surface area contributed by atoms with Crippen LogP contribution in [0.5, 0.6) is 5.75 Å². The molecule has 118 valence electrons. The van der Waals surface area contributed by atoms with Crippen molar-refractivity contribution in [2.24, 2.45) is 0 Å². The van der Waals surface area contributed by atoms with Crippen LogP contribution in [0.1, 0.15) is 38.3 Å². The van der Waals surface area contributed by atoms with E-state index in [0.717, 1.165) is 6.42 Å². The van der Waals surface area contributed by atoms with E-state index in [1.54, 1.807) is 19.1 Å². The summed E-state index contributed by atoms with van der Waals surface area (Å²) in [4.78, 5) is 11.7. The molecule has 0 spiro atoms. The maximum absolute atomic E-state index is 13.9. The molecule has 1 aromatic carbocycles. The van der Waals surface area contributed by atoms with Gasteiger partial charge in [-0.15, -0.1) is 0 Å². The molecule has 0 fully saturated rings. The molecule has 1 aromatic rings. The smallest absolute Gasteiger partial charge is 0.315 e. The number of hydrogen-bond donors (Lipinski definition) is 3. The molecule has 6 heteroatoms. The number of carbonyl (C=O) groups excluding carboxylic acids is 1. The van der Waals surface area contributed by atoms with Crippen LogP contribution in [0.2, 0.25) is 0 Å². The van der Waals surface area contributed by atoms with Crippen molar-refractivity contribution < 1.29 is 19.0 Å². The van der Waals surface area contributed by atoms with Crippen molar-refractivity contribution in [3.05, 3.63) is 29.6 Å². The van der Waals surface area contributed by atoms with Crippen LogP contribution in [0.4, 0.5) is 9.18 Å². The van der Waals surface area contributed by atoms with Crippen LogP contribution in [0.15, 0.2) is 18.2 Å². The number of nitrogens with one attached hydrogen (secondary N) is 2. The quantitative estimate of drug-likeness (QED) is 0.723. The summed E-state index contributed by atoms with van der Waals surface area (Å²) in [5.74, 6) is -0.0537. The number of rotatable bonds is 7. The molecule has 2 amide bonds. The number of halogens is 1. The molecule has 0 saturated heterocycles. The molecule has 5 nitrogen and oxygen atoms in total. The number of ether oxygens (including phenoxy) is 1. The second-order valence-corrected chi connectivity index (χ2v) is 4.87. The Balaban J connectivity index is 2.61. The zero-order valence-corrected chi connectivity index (χ0v) is 12.6. The highest BCUT2D eigenvalue weighted by atomic mass is 19.1. The first-order valence-electron chi connectivity index (χ1n) is 7.04. The monoisotopic (exact) mass is 298 g/mol. The highest BCUT2D eigenvalue weighted by Gasteiger charge is 2.18. The summed E-state index contributed by atoms with van der Waals surface area (Å²) in [6, 6.07) is 3.50. The fourth-order valence-electron chi connectivity index (χ4n) is 2.08. The molecule has 2 unspecified atom stereocenters. The van der Waals surface area contributed by atoms with Gasteiger partial charge in [-0.25, -0.2) is 9.18 Å². The van der Waals surface area contributed by atoms with E-state index < -0.39 is 24.0 Å². The van der Waals surface area contributed by atoms with E-state index in [9.17, 15) is 14.3 Å². The van der Waals surface area contributed by atoms with Crippen LogP contribution < -0.4 is 15.4 Å². The maximum Gasteiger partial charge on any atom is 0.315 e. The van der Waals surface area contributed by atoms with Crippen LogP contribution in [0.3, 0.4) is 0 Å². The summed E-state index contributed by atoms with van der Waals surface area (Å²) >= 11 is 0. The zero-order valence-electron chi connectivity index (χ0n) is 12.6. The van der Waals surface area contributed by atoms with Crippen molar-refractivity contribution in [1.29, 1.82) is 0 Å². The van der Waals surface area contributed by atoms with Gasteiger partial charge >= 0.3 is 6.03 Å². The second-order valence-electron chi connectivity index (χ2n) is 4.87. The molecule has 0 aromatic heterocycles. The van der Waals surface area contributed by atoms with Crippen molar-refractivity contribution in [1.82, 2.24) is 10.6 Å². The Kier molecular flexibility index (Phi) is 6.94. The Labute approximate surface area is 124 Å². The van der Waals surface area contributed by atoms with Gasteiger partial charge in [0.1, 0.15) is 11.6 Å². The Morgan fingerprint density at radius 1 is 1.48 bits per heavy atom. The minimum Gasteiger partial charge on any atom is -0.496 e. The fourth-order valence-corrected chi connectivity index (χ4v) is 2.08. The summed E-state index contributed by atoms with van der Waals surface area (Å²) in [5.41, 5.74) is 0.296. The van der Waals surface area contributed by atoms with Gasteiger partial charge < -0.3 is 20.5 Å². The van der Waals surface area contributed by atoms with E-state index in [1.807, 2.05) is 6.92 Å². The number of amides is 2. The Morgan fingerprint density at radius 3 is 2.81 bits per heavy atom. The summed E-state index contributed by atoms with van der Waals surface area (Å²) < 4.78 is 19.0. The summed E-state index contributed by atoms with van der Waals surface area (Å²) in [6.45, 7) is 3.79. The third kappa shape index (κ3) is 5.23. The maximum atomic E-state index is 13.9. The summed E-state index contributed by atoms with van der Waals surface area (Å²) in [6.07, 6.45) is 0.892. The summed E-state index contributed by atoms with van der Waals surface area (Å²) in [5, 5.41) is 14.7. The minimum atomic E-state index is -0.570. The topological polar surface area (TPSA) is 70.6 Å². The number of benzene rings is 1. The van der Waals surface area contributed by atoms with Crippen LogP contribution in [0, 0.1) is 5.82 Å². The number of aliphatic hydroxyl groups excluding tert-OH is 1. The number of hydrogen-bond acceptors (Lipinski definition) is 3. The molecule has 2 atom stereocenters. The molecular formula is C15H23FN2O3. The van der Waals surface area contributed by atoms with E-state index in [2.05, 4.69) is 10.6 Å². The van der Waals surface area contributed by atoms with Crippen molar-refractivity contribution in [3.63, 3.8) is 0 Å². The average molecular weight is 298 g/mol. The first-order chi connectivity index (χ1) is 9.99. The molecule has 0 aliphatic carbocycles. The lowest BCUT2D eigenvalue weighted by molar-refractivity contribution is 0.160. The van der Waals surface area contributed by atoms with Crippen LogP contribution >= 0.6 is 0 Å². The summed E-state index contributed by atoms with van der Waals surface area (Å²) in [7, 11) is 1.45. The molecule has 1 rings (SSSR count). The van der Waals surface area contributed by atoms with Gasteiger partial charge in [-0.05, 0) is 25.5 Å². The van der Waals surface area contributed by atoms with E-state index in [-0.39, 0.29) is 6.54 Å². The van der Waals surface area contributed by atoms with Crippen LogP contribution in [0.25, 0.3) is 0 Å². The second kappa shape index (κ2) is 8.46. The molecule has 0 aliphatic rings. The Bertz CT molecular complexity index is 468. The molecule has 0 heterocycles. The lowest BCUT2D eigenvalue weighted by Crippen LogP contribution is -2.41. The van der Waals surface area contributed by atoms with Gasteiger partial charge in [0.2, 0.25) is 0 Å². The van der Waals surface area contributed by atoms with Crippen LogP contribution in [-0.4, -0.2) is 30.9 Å². The highest BCUT2D eigenvalue weighted by molar-refractivity contribution is 5.74. The number of methoxy groups -OCH3 is 1. The molecule has 0 radical (unpaired) electrons. The zero-order chi connectivity index (χ0) is 15.8. The number of carbonyl (C=O) groups is 1. The largest absolute Gasteiger partial charge is 0.496 e. The van der Waals surface area contributed by atoms with Gasteiger partial charge in [0.05, 0.1) is 24.8 Å². The average Bonchev–Trinajstić information content (AvgIpc) is 2.44. The molecule has 3 N–H and O–H groups in total. The van der Waals surface area contributed by atoms with Crippen molar-refractivity contribution in [2.45, 2.75) is 38.8 Å². The first-order valence-corrected chi connectivity index (χ1v) is 7.04. The molecular weight excluding hydrogens is 275 g/mol. The lowest BCUT2D eigenvalue weighted by Gasteiger charge is -2.19. The predicted molar refractivity (Wildman–Crippen MR) is 78.8 cm³/mol. The van der Waals surface area contributed by atoms with Crippen molar-refractivity contribution in [2.75, 3.05) is 13.7 Å². The Hall–Kier alpha value is -1.82. The molecule has 0 saturated carbocycles. The van der Waals surface area contributed by atoms with Crippen molar-refractivity contribution >= 4 is 6.03 Å². The normalized spacial score (nSPS) is 13.4. The lowest BCUT2D eigenvalue weighted by atomic mass is 10.1. The third-order valence-corrected chi connectivity index (χ3v) is 3.13. The highest BCUT2D eigenvalue weighted by Crippen LogP contribution is 2.27. The molecule has 0 bridgehead atoms. The van der Waals surface area contributed by atoms with E-state index in [0.29, 0.717) is 17.7 Å². The van der Waals surface area contributed by atoms with E-state index in [4.69, 9.17) is 4.74 Å². The SMILES string of the molecule is CCCC(O)CNC(=O)NC(C)c1c(F)cccc1OC. The van der Waals surface area contributed by atoms with Gasteiger partial charge in [-0.1, -0.05) is 19.4 Å². The number of urea groups is 1. The fraction of sp³-hybridized carbons (Fsp3) is 0.533.